The first-order valence-corrected chi connectivity index (χ1v) is 3.50. The van der Waals surface area contributed by atoms with Gasteiger partial charge in [0.05, 0.1) is 0 Å². The van der Waals surface area contributed by atoms with Crippen LogP contribution in [0.15, 0.2) is 0 Å². The first kappa shape index (κ1) is 13.8. The van der Waals surface area contributed by atoms with E-state index in [0.717, 1.165) is 0 Å². The van der Waals surface area contributed by atoms with Gasteiger partial charge in [0.15, 0.2) is 0 Å². The van der Waals surface area contributed by atoms with Crippen LogP contribution in [0, 0.1) is 0 Å². The fraction of sp³-hybridized carbons (Fsp3) is 1.00. The van der Waals surface area contributed by atoms with Crippen molar-refractivity contribution in [3.63, 3.8) is 0 Å². The zero-order valence-corrected chi connectivity index (χ0v) is 7.85. The van der Waals surface area contributed by atoms with Crippen molar-refractivity contribution in [2.75, 3.05) is 0 Å². The van der Waals surface area contributed by atoms with E-state index in [1.807, 2.05) is 0 Å². The average molecular weight is 195 g/mol. The van der Waals surface area contributed by atoms with Gasteiger partial charge in [0.1, 0.15) is 0 Å². The van der Waals surface area contributed by atoms with Gasteiger partial charge < -0.3 is 17.3 Å². The molecule has 0 rings (SSSR count). The van der Waals surface area contributed by atoms with Gasteiger partial charge in [0.2, 0.25) is 0 Å². The summed E-state index contributed by atoms with van der Waals surface area (Å²) in [5.74, 6) is 0. The van der Waals surface area contributed by atoms with E-state index in [1.54, 1.807) is 0 Å². The summed E-state index contributed by atoms with van der Waals surface area (Å²) in [4.78, 5) is 0. The number of hydrogen-bond acceptors (Lipinski definition) is 0. The van der Waals surface area contributed by atoms with E-state index >= 15 is 0 Å². The molecule has 0 fully saturated rings. The van der Waals surface area contributed by atoms with Crippen molar-refractivity contribution in [1.29, 1.82) is 0 Å². The van der Waals surface area contributed by atoms with Crippen LogP contribution >= 0.6 is 0 Å². The summed E-state index contributed by atoms with van der Waals surface area (Å²) in [6, 6.07) is 0. The first-order chi connectivity index (χ1) is 4.00. The predicted molar refractivity (Wildman–Crippen MR) is 22.0 cm³/mol. The third-order valence-corrected chi connectivity index (χ3v) is 0. The minimum atomic E-state index is -6.00. The standard InChI is InChI=1S/CF3.BF4.K/c2-1(3)4;2-1(3,4)5;/q;-1;. The molecular weight excluding hydrogens is 195 g/mol. The van der Waals surface area contributed by atoms with E-state index in [0.29, 0.717) is 0 Å². The van der Waals surface area contributed by atoms with Crippen LogP contribution in [0.1, 0.15) is 0 Å². The van der Waals surface area contributed by atoms with Crippen LogP contribution in [-0.4, -0.2) is 56.5 Å². The van der Waals surface area contributed by atoms with Crippen molar-refractivity contribution < 1.29 is 30.4 Å². The fourth-order valence-electron chi connectivity index (χ4n) is 0. The van der Waals surface area contributed by atoms with Crippen LogP contribution in [0.25, 0.3) is 0 Å². The molecule has 10 heavy (non-hydrogen) atoms. The number of halogens is 7. The van der Waals surface area contributed by atoms with Gasteiger partial charge in [-0.1, -0.05) is 0 Å². The predicted octanol–water partition coefficient (Wildman–Crippen LogP) is 1.97. The molecular formula is CBF7K-. The van der Waals surface area contributed by atoms with Crippen LogP contribution in [0.2, 0.25) is 0 Å². The quantitative estimate of drug-likeness (QED) is 0.409. The SMILES string of the molecule is F[B-](F)(F)F.F[C](F)(F)[K]. The zero-order chi connectivity index (χ0) is 9.00. The summed E-state index contributed by atoms with van der Waals surface area (Å²) < 4.78 is 66.5. The molecule has 0 bridgehead atoms. The molecule has 58 valence electrons. The Morgan fingerprint density at radius 2 is 0.900 bits per heavy atom. The second kappa shape index (κ2) is 4.96. The van der Waals surface area contributed by atoms with E-state index in [-0.39, 0.29) is 0 Å². The Kier molecular flexibility index (Phi) is 6.84. The van der Waals surface area contributed by atoms with Crippen molar-refractivity contribution in [3.8, 4) is 0 Å². The topological polar surface area (TPSA) is 0 Å². The van der Waals surface area contributed by atoms with Gasteiger partial charge in [0, 0.05) is 0 Å². The van der Waals surface area contributed by atoms with Gasteiger partial charge in [-0.05, 0) is 0 Å². The first-order valence-electron chi connectivity index (χ1n) is 1.94. The van der Waals surface area contributed by atoms with E-state index in [4.69, 9.17) is 0 Å². The Morgan fingerprint density at radius 3 is 0.900 bits per heavy atom. The second-order valence-electron chi connectivity index (χ2n) is 1.28. The van der Waals surface area contributed by atoms with Crippen molar-refractivity contribution in [3.05, 3.63) is 0 Å². The molecule has 0 aromatic heterocycles. The van der Waals surface area contributed by atoms with Gasteiger partial charge >= 0.3 is 69.7 Å². The number of rotatable bonds is 0. The summed E-state index contributed by atoms with van der Waals surface area (Å²) >= 11 is -1.00. The van der Waals surface area contributed by atoms with Crippen LogP contribution in [-0.2, 0) is 0 Å². The maximum absolute atomic E-state index is 10.4. The van der Waals surface area contributed by atoms with Crippen LogP contribution < -0.4 is 0 Å². The van der Waals surface area contributed by atoms with E-state index in [2.05, 4.69) is 0 Å². The molecule has 0 radical (unpaired) electrons. The normalized spacial score (nSPS) is 12.1. The van der Waals surface area contributed by atoms with Gasteiger partial charge in [-0.15, -0.1) is 0 Å². The number of alkyl halides is 3. The maximum atomic E-state index is 10.4. The summed E-state index contributed by atoms with van der Waals surface area (Å²) in [7, 11) is -6.00. The molecule has 0 heterocycles. The molecule has 0 spiro atoms. The van der Waals surface area contributed by atoms with Gasteiger partial charge in [-0.3, -0.25) is 0 Å². The van der Waals surface area contributed by atoms with Crippen molar-refractivity contribution in [2.45, 2.75) is 0.271 Å². The molecule has 0 aromatic rings. The third kappa shape index (κ3) is 423. The molecule has 0 N–H and O–H groups in total. The summed E-state index contributed by atoms with van der Waals surface area (Å²) in [5.41, 5.74) is 0. The summed E-state index contributed by atoms with van der Waals surface area (Å²) in [5, 5.41) is 0. The van der Waals surface area contributed by atoms with Gasteiger partial charge in [0.25, 0.3) is 0 Å². The molecule has 0 unspecified atom stereocenters. The molecule has 0 saturated heterocycles. The van der Waals surface area contributed by atoms with Crippen LogP contribution in [0.5, 0.6) is 0 Å². The molecule has 0 aromatic carbocycles. The molecule has 9 heteroatoms. The average Bonchev–Trinajstić information content (AvgIpc) is 1.12. The molecule has 0 aliphatic rings. The Morgan fingerprint density at radius 1 is 0.900 bits per heavy atom. The Labute approximate surface area is 85.8 Å². The molecule has 0 aliphatic carbocycles. The number of hydrogen-bond donors (Lipinski definition) is 0. The van der Waals surface area contributed by atoms with E-state index in [1.165, 1.54) is 0 Å². The van der Waals surface area contributed by atoms with E-state index < -0.39 is 56.5 Å². The van der Waals surface area contributed by atoms with Gasteiger partial charge in [-0.2, -0.15) is 0 Å². The second-order valence-corrected chi connectivity index (χ2v) is 3.05. The van der Waals surface area contributed by atoms with Crippen molar-refractivity contribution in [1.82, 2.24) is 0 Å². The minimum absolute atomic E-state index is 1.00. The van der Waals surface area contributed by atoms with Crippen LogP contribution in [0.3, 0.4) is 0 Å². The van der Waals surface area contributed by atoms with Gasteiger partial charge in [-0.25, -0.2) is 0 Å². The summed E-state index contributed by atoms with van der Waals surface area (Å²) in [6.45, 7) is 0. The van der Waals surface area contributed by atoms with Crippen molar-refractivity contribution >= 4 is 56.2 Å². The molecule has 0 amide bonds. The monoisotopic (exact) mass is 195 g/mol. The fourth-order valence-corrected chi connectivity index (χ4v) is 0. The third-order valence-electron chi connectivity index (χ3n) is 0. The molecule has 0 aliphatic heterocycles. The zero-order valence-electron chi connectivity index (χ0n) is 4.72. The molecule has 0 saturated carbocycles. The Hall–Kier alpha value is 1.21. The molecule has 0 nitrogen and oxygen atoms in total. The van der Waals surface area contributed by atoms with Crippen LogP contribution in [0.4, 0.5) is 30.4 Å². The molecule has 0 atom stereocenters. The summed E-state index contributed by atoms with van der Waals surface area (Å²) in [6.07, 6.45) is 0. The Balaban J connectivity index is 0. The van der Waals surface area contributed by atoms with E-state index in [9.17, 15) is 30.4 Å². The van der Waals surface area contributed by atoms with Crippen molar-refractivity contribution in [2.24, 2.45) is 0 Å². The Bertz CT molecular complexity index is 56.6.